The first-order valence-corrected chi connectivity index (χ1v) is 3.84. The standard InChI is InChI=1S/C7H10N2O4/c8-4(7(12)13)3-9-5(10)1-2-6(9)11/h4H,1-3,8H2,(H,12,13). The van der Waals surface area contributed by atoms with Crippen LogP contribution < -0.4 is 5.73 Å². The van der Waals surface area contributed by atoms with Gasteiger partial charge in [0.25, 0.3) is 0 Å². The predicted octanol–water partition coefficient (Wildman–Crippen LogP) is -1.45. The van der Waals surface area contributed by atoms with Gasteiger partial charge in [0.2, 0.25) is 11.8 Å². The summed E-state index contributed by atoms with van der Waals surface area (Å²) in [6.45, 7) is -0.229. The molecule has 0 radical (unpaired) electrons. The van der Waals surface area contributed by atoms with E-state index in [2.05, 4.69) is 0 Å². The summed E-state index contributed by atoms with van der Waals surface area (Å²) < 4.78 is 0. The zero-order valence-corrected chi connectivity index (χ0v) is 6.90. The number of aliphatic carboxylic acids is 1. The van der Waals surface area contributed by atoms with Crippen molar-refractivity contribution in [1.29, 1.82) is 0 Å². The highest BCUT2D eigenvalue weighted by atomic mass is 16.4. The van der Waals surface area contributed by atoms with E-state index < -0.39 is 12.0 Å². The van der Waals surface area contributed by atoms with Gasteiger partial charge in [-0.1, -0.05) is 0 Å². The van der Waals surface area contributed by atoms with Crippen LogP contribution in [0.2, 0.25) is 0 Å². The Morgan fingerprint density at radius 2 is 1.92 bits per heavy atom. The number of likely N-dealkylation sites (tertiary alicyclic amines) is 1. The molecule has 72 valence electrons. The summed E-state index contributed by atoms with van der Waals surface area (Å²) in [6, 6.07) is -1.19. The summed E-state index contributed by atoms with van der Waals surface area (Å²) >= 11 is 0. The molecule has 0 saturated carbocycles. The van der Waals surface area contributed by atoms with Gasteiger partial charge in [-0.2, -0.15) is 0 Å². The highest BCUT2D eigenvalue weighted by Gasteiger charge is 2.31. The third-order valence-corrected chi connectivity index (χ3v) is 1.85. The van der Waals surface area contributed by atoms with Crippen molar-refractivity contribution in [2.45, 2.75) is 18.9 Å². The molecule has 1 atom stereocenters. The zero-order chi connectivity index (χ0) is 10.0. The summed E-state index contributed by atoms with van der Waals surface area (Å²) in [4.78, 5) is 33.2. The van der Waals surface area contributed by atoms with Gasteiger partial charge in [-0.3, -0.25) is 19.3 Å². The molecule has 0 bridgehead atoms. The van der Waals surface area contributed by atoms with E-state index in [-0.39, 0.29) is 31.2 Å². The molecule has 0 aromatic heterocycles. The number of carboxylic acids is 1. The lowest BCUT2D eigenvalue weighted by Crippen LogP contribution is -2.44. The van der Waals surface area contributed by atoms with Crippen molar-refractivity contribution in [3.05, 3.63) is 0 Å². The maximum atomic E-state index is 11.0. The lowest BCUT2D eigenvalue weighted by Gasteiger charge is -2.15. The Bertz CT molecular complexity index is 247. The molecule has 0 spiro atoms. The van der Waals surface area contributed by atoms with Gasteiger partial charge in [0.05, 0.1) is 6.54 Å². The first-order valence-electron chi connectivity index (χ1n) is 3.84. The van der Waals surface area contributed by atoms with Crippen molar-refractivity contribution in [2.75, 3.05) is 6.54 Å². The van der Waals surface area contributed by atoms with Crippen LogP contribution in [-0.4, -0.2) is 40.4 Å². The lowest BCUT2D eigenvalue weighted by atomic mass is 10.3. The maximum Gasteiger partial charge on any atom is 0.322 e. The summed E-state index contributed by atoms with van der Waals surface area (Å²) in [5, 5.41) is 8.44. The quantitative estimate of drug-likeness (QED) is 0.525. The summed E-state index contributed by atoms with van der Waals surface area (Å²) in [7, 11) is 0. The van der Waals surface area contributed by atoms with Gasteiger partial charge in [0.15, 0.2) is 0 Å². The van der Waals surface area contributed by atoms with Gasteiger partial charge >= 0.3 is 5.97 Å². The predicted molar refractivity (Wildman–Crippen MR) is 41.6 cm³/mol. The lowest BCUT2D eigenvalue weighted by molar-refractivity contribution is -0.142. The zero-order valence-electron chi connectivity index (χ0n) is 6.90. The highest BCUT2D eigenvalue weighted by Crippen LogP contribution is 2.11. The molecule has 2 amide bonds. The summed E-state index contributed by atoms with van der Waals surface area (Å²) in [6.07, 6.45) is 0.316. The number of carboxylic acid groups (broad SMARTS) is 1. The topological polar surface area (TPSA) is 101 Å². The number of carbonyl (C=O) groups excluding carboxylic acids is 2. The third-order valence-electron chi connectivity index (χ3n) is 1.85. The van der Waals surface area contributed by atoms with Gasteiger partial charge in [-0.05, 0) is 0 Å². The van der Waals surface area contributed by atoms with Crippen LogP contribution in [0.5, 0.6) is 0 Å². The van der Waals surface area contributed by atoms with E-state index in [1.165, 1.54) is 0 Å². The molecule has 13 heavy (non-hydrogen) atoms. The number of nitrogens with zero attached hydrogens (tertiary/aromatic N) is 1. The average Bonchev–Trinajstić information content (AvgIpc) is 2.35. The maximum absolute atomic E-state index is 11.0. The van der Waals surface area contributed by atoms with Crippen molar-refractivity contribution in [1.82, 2.24) is 4.90 Å². The second kappa shape index (κ2) is 3.53. The molecule has 0 aromatic rings. The molecule has 1 heterocycles. The van der Waals surface area contributed by atoms with E-state index >= 15 is 0 Å². The number of hydrogen-bond acceptors (Lipinski definition) is 4. The van der Waals surface area contributed by atoms with E-state index in [4.69, 9.17) is 10.8 Å². The fourth-order valence-electron chi connectivity index (χ4n) is 1.10. The van der Waals surface area contributed by atoms with Gasteiger partial charge in [-0.15, -0.1) is 0 Å². The molecule has 1 fully saturated rings. The minimum absolute atomic E-state index is 0.158. The number of nitrogens with two attached hydrogens (primary N) is 1. The van der Waals surface area contributed by atoms with Crippen LogP contribution in [0.1, 0.15) is 12.8 Å². The molecule has 0 aromatic carbocycles. The Labute approximate surface area is 74.3 Å². The van der Waals surface area contributed by atoms with Gasteiger partial charge in [0.1, 0.15) is 6.04 Å². The van der Waals surface area contributed by atoms with Crippen LogP contribution in [0.15, 0.2) is 0 Å². The molecule has 0 aliphatic carbocycles. The first-order chi connectivity index (χ1) is 6.02. The number of carbonyl (C=O) groups is 3. The summed E-state index contributed by atoms with van der Waals surface area (Å²) in [5.74, 6) is -1.91. The van der Waals surface area contributed by atoms with Gasteiger partial charge < -0.3 is 10.8 Å². The molecule has 3 N–H and O–H groups in total. The summed E-state index contributed by atoms with van der Waals surface area (Å²) in [5.41, 5.74) is 5.18. The Kier molecular flexibility index (Phi) is 2.62. The van der Waals surface area contributed by atoms with E-state index in [1.54, 1.807) is 0 Å². The fraction of sp³-hybridized carbons (Fsp3) is 0.571. The normalized spacial score (nSPS) is 19.3. The number of rotatable bonds is 3. The smallest absolute Gasteiger partial charge is 0.322 e. The minimum Gasteiger partial charge on any atom is -0.480 e. The molecule has 6 nitrogen and oxygen atoms in total. The highest BCUT2D eigenvalue weighted by molar-refractivity contribution is 6.02. The third kappa shape index (κ3) is 2.03. The van der Waals surface area contributed by atoms with Crippen molar-refractivity contribution in [3.8, 4) is 0 Å². The van der Waals surface area contributed by atoms with Crippen molar-refractivity contribution < 1.29 is 19.5 Å². The molecule has 6 heteroatoms. The molecule has 1 saturated heterocycles. The van der Waals surface area contributed by atoms with Crippen LogP contribution in [0.25, 0.3) is 0 Å². The molecular formula is C7H10N2O4. The fourth-order valence-corrected chi connectivity index (χ4v) is 1.10. The van der Waals surface area contributed by atoms with Crippen molar-refractivity contribution in [2.24, 2.45) is 5.73 Å². The molecular weight excluding hydrogens is 176 g/mol. The van der Waals surface area contributed by atoms with E-state index in [0.717, 1.165) is 4.90 Å². The van der Waals surface area contributed by atoms with Crippen LogP contribution in [0.4, 0.5) is 0 Å². The number of hydrogen-bond donors (Lipinski definition) is 2. The SMILES string of the molecule is NC(CN1C(=O)CCC1=O)C(=O)O. The number of imide groups is 1. The van der Waals surface area contributed by atoms with Crippen LogP contribution in [0, 0.1) is 0 Å². The monoisotopic (exact) mass is 186 g/mol. The second-order valence-corrected chi connectivity index (χ2v) is 2.84. The Morgan fingerprint density at radius 3 is 2.31 bits per heavy atom. The average molecular weight is 186 g/mol. The van der Waals surface area contributed by atoms with Gasteiger partial charge in [0, 0.05) is 12.8 Å². The van der Waals surface area contributed by atoms with Crippen LogP contribution in [0.3, 0.4) is 0 Å². The number of amides is 2. The van der Waals surface area contributed by atoms with Crippen molar-refractivity contribution in [3.63, 3.8) is 0 Å². The van der Waals surface area contributed by atoms with Crippen molar-refractivity contribution >= 4 is 17.8 Å². The Hall–Kier alpha value is -1.43. The van der Waals surface area contributed by atoms with Crippen LogP contribution in [-0.2, 0) is 14.4 Å². The van der Waals surface area contributed by atoms with E-state index in [0.29, 0.717) is 0 Å². The largest absolute Gasteiger partial charge is 0.480 e. The Morgan fingerprint density at radius 1 is 1.46 bits per heavy atom. The first kappa shape index (κ1) is 9.66. The second-order valence-electron chi connectivity index (χ2n) is 2.84. The van der Waals surface area contributed by atoms with E-state index in [1.807, 2.05) is 0 Å². The molecule has 1 aliphatic heterocycles. The molecule has 1 rings (SSSR count). The van der Waals surface area contributed by atoms with E-state index in [9.17, 15) is 14.4 Å². The van der Waals surface area contributed by atoms with Crippen LogP contribution >= 0.6 is 0 Å². The molecule has 1 aliphatic rings. The van der Waals surface area contributed by atoms with Gasteiger partial charge in [-0.25, -0.2) is 0 Å². The minimum atomic E-state index is -1.22. The Balaban J connectivity index is 2.57. The molecule has 1 unspecified atom stereocenters.